The Hall–Kier alpha value is -2.61. The van der Waals surface area contributed by atoms with E-state index in [1.165, 1.54) is 90.0 Å². The second-order valence-electron chi connectivity index (χ2n) is 14.9. The molecule has 0 saturated heterocycles. The SMILES string of the molecule is CC(C)C1=[C-]C2=CC(C)N(c3ccc(C(C)(C)C)cc3)C2=C1.Cc1cc2c(-c3ccc(C(C)(C)C)cc3)ccc(C)c2[cH-]1.[CH3-].[CH3-].[Si]=[Zr]. The van der Waals surface area contributed by atoms with Crippen LogP contribution in [0.3, 0.4) is 0 Å². The number of anilines is 1. The second kappa shape index (κ2) is 16.2. The molecule has 0 aromatic heterocycles. The molecule has 4 aromatic carbocycles. The zero-order chi connectivity index (χ0) is 33.3. The average Bonchev–Trinajstić information content (AvgIpc) is 3.66. The van der Waals surface area contributed by atoms with E-state index in [0.29, 0.717) is 12.0 Å². The Kier molecular flexibility index (Phi) is 14.0. The molecular formula is C44H55NSiZr-4. The van der Waals surface area contributed by atoms with Crippen molar-refractivity contribution in [1.82, 2.24) is 0 Å². The van der Waals surface area contributed by atoms with E-state index in [1.54, 1.807) is 0 Å². The van der Waals surface area contributed by atoms with Crippen molar-refractivity contribution < 1.29 is 23.3 Å². The Morgan fingerprint density at radius 2 is 1.34 bits per heavy atom. The van der Waals surface area contributed by atoms with Crippen LogP contribution in [0.1, 0.15) is 84.6 Å². The normalized spacial score (nSPS) is 15.3. The van der Waals surface area contributed by atoms with Gasteiger partial charge >= 0.3 is 30.2 Å². The Bertz CT molecular complexity index is 1730. The first-order chi connectivity index (χ1) is 21.1. The van der Waals surface area contributed by atoms with Crippen molar-refractivity contribution in [2.75, 3.05) is 4.90 Å². The zero-order valence-electron chi connectivity index (χ0n) is 31.2. The third-order valence-corrected chi connectivity index (χ3v) is 8.87. The van der Waals surface area contributed by atoms with E-state index < -0.39 is 0 Å². The molecule has 0 N–H and O–H groups in total. The zero-order valence-corrected chi connectivity index (χ0v) is 34.6. The van der Waals surface area contributed by atoms with Gasteiger partial charge in [-0.1, -0.05) is 123 Å². The summed E-state index contributed by atoms with van der Waals surface area (Å²) in [4.78, 5) is 2.42. The molecule has 1 nitrogen and oxygen atoms in total. The molecule has 4 aromatic rings. The number of nitrogens with zero attached hydrogens (tertiary/aromatic N) is 1. The van der Waals surface area contributed by atoms with Gasteiger partial charge in [0.1, 0.15) is 0 Å². The standard InChI is InChI=1S/C21H26N.C21H23.2CH3.Si.Zr/c1-14(2)16-12-17-11-15(3)22(20(17)13-16)19-9-7-18(8-10-19)21(4,5)6;1-14-12-19-15(2)6-11-18(20(19)13-14)16-7-9-17(10-8-16)21(3,4)5;;;;/h7-11,13-15H,1-6H3;6-13H,1-5H3;2*1H3;;/q4*-1;;. The number of hydrogen-bond acceptors (Lipinski definition) is 1. The van der Waals surface area contributed by atoms with Gasteiger partial charge in [0.2, 0.25) is 0 Å². The topological polar surface area (TPSA) is 3.24 Å². The Balaban J connectivity index is 0.000000299. The van der Waals surface area contributed by atoms with Crippen LogP contribution >= 0.6 is 0 Å². The van der Waals surface area contributed by atoms with Crippen LogP contribution in [0.2, 0.25) is 0 Å². The van der Waals surface area contributed by atoms with Crippen molar-refractivity contribution >= 4 is 23.3 Å². The van der Waals surface area contributed by atoms with E-state index in [-0.39, 0.29) is 25.7 Å². The summed E-state index contributed by atoms with van der Waals surface area (Å²) in [5.41, 5.74) is 13.6. The predicted octanol–water partition coefficient (Wildman–Crippen LogP) is 12.1. The van der Waals surface area contributed by atoms with Crippen LogP contribution < -0.4 is 4.90 Å². The van der Waals surface area contributed by atoms with Gasteiger partial charge in [-0.2, -0.15) is 6.07 Å². The summed E-state index contributed by atoms with van der Waals surface area (Å²) in [5, 5.41) is 2.75. The van der Waals surface area contributed by atoms with Crippen LogP contribution in [0.25, 0.3) is 21.9 Å². The van der Waals surface area contributed by atoms with Crippen molar-refractivity contribution in [3.8, 4) is 11.1 Å². The first-order valence-electron chi connectivity index (χ1n) is 16.1. The van der Waals surface area contributed by atoms with Gasteiger partial charge in [0.15, 0.2) is 0 Å². The second-order valence-corrected chi connectivity index (χ2v) is 14.9. The van der Waals surface area contributed by atoms with Crippen LogP contribution in [-0.4, -0.2) is 12.9 Å². The molecule has 2 aliphatic rings. The molecule has 47 heavy (non-hydrogen) atoms. The minimum absolute atomic E-state index is 0. The van der Waals surface area contributed by atoms with Crippen molar-refractivity contribution in [2.45, 2.75) is 93.0 Å². The predicted molar refractivity (Wildman–Crippen MR) is 207 cm³/mol. The molecule has 6 rings (SSSR count). The molecular weight excluding hydrogens is 662 g/mol. The fourth-order valence-corrected chi connectivity index (χ4v) is 6.14. The Morgan fingerprint density at radius 1 is 0.809 bits per heavy atom. The number of rotatable bonds is 3. The molecule has 0 amide bonds. The maximum absolute atomic E-state index is 3.56. The first-order valence-corrected chi connectivity index (χ1v) is 20.3. The fourth-order valence-electron chi connectivity index (χ4n) is 6.14. The van der Waals surface area contributed by atoms with E-state index >= 15 is 0 Å². The van der Waals surface area contributed by atoms with Crippen LogP contribution in [0.15, 0.2) is 102 Å². The van der Waals surface area contributed by atoms with Crippen molar-refractivity contribution in [3.05, 3.63) is 145 Å². The molecule has 2 radical (unpaired) electrons. The Morgan fingerprint density at radius 3 is 1.85 bits per heavy atom. The van der Waals surface area contributed by atoms with E-state index in [9.17, 15) is 0 Å². The maximum atomic E-state index is 3.56. The van der Waals surface area contributed by atoms with Gasteiger partial charge in [0.05, 0.1) is 0 Å². The molecule has 0 saturated carbocycles. The van der Waals surface area contributed by atoms with Gasteiger partial charge in [0.25, 0.3) is 0 Å². The summed E-state index contributed by atoms with van der Waals surface area (Å²) >= 11 is 1.36. The van der Waals surface area contributed by atoms with Crippen molar-refractivity contribution in [2.24, 2.45) is 5.92 Å². The molecule has 0 spiro atoms. The van der Waals surface area contributed by atoms with E-state index in [2.05, 4.69) is 179 Å². The molecule has 1 aliphatic carbocycles. The summed E-state index contributed by atoms with van der Waals surface area (Å²) in [6, 6.07) is 27.5. The number of aryl methyl sites for hydroxylation is 2. The van der Waals surface area contributed by atoms with Gasteiger partial charge in [0, 0.05) is 11.7 Å². The van der Waals surface area contributed by atoms with Crippen molar-refractivity contribution in [1.29, 1.82) is 0 Å². The van der Waals surface area contributed by atoms with Gasteiger partial charge in [-0.05, 0) is 52.5 Å². The van der Waals surface area contributed by atoms with Gasteiger partial charge in [-0.25, -0.2) is 0 Å². The summed E-state index contributed by atoms with van der Waals surface area (Å²) in [5.74, 6) is 0.527. The van der Waals surface area contributed by atoms with Crippen LogP contribution in [0.4, 0.5) is 5.69 Å². The molecule has 0 fully saturated rings. The van der Waals surface area contributed by atoms with E-state index in [0.717, 1.165) is 0 Å². The van der Waals surface area contributed by atoms with E-state index in [1.807, 2.05) is 0 Å². The summed E-state index contributed by atoms with van der Waals surface area (Å²) < 4.78 is 0. The molecule has 1 aliphatic heterocycles. The molecule has 3 heteroatoms. The average molecular weight is 717 g/mol. The van der Waals surface area contributed by atoms with Gasteiger partial charge in [-0.3, -0.25) is 0 Å². The third kappa shape index (κ3) is 9.10. The summed E-state index contributed by atoms with van der Waals surface area (Å²) in [6.45, 7) is 27.7. The molecule has 1 heterocycles. The van der Waals surface area contributed by atoms with Crippen LogP contribution in [0, 0.1) is 40.7 Å². The van der Waals surface area contributed by atoms with Crippen LogP contribution in [-0.2, 0) is 34.2 Å². The van der Waals surface area contributed by atoms with Gasteiger partial charge < -0.3 is 19.8 Å². The molecule has 248 valence electrons. The fraction of sp³-hybridized carbons (Fsp3) is 0.341. The number of hydrogen-bond donors (Lipinski definition) is 0. The molecule has 0 bridgehead atoms. The van der Waals surface area contributed by atoms with Crippen LogP contribution in [0.5, 0.6) is 0 Å². The minimum atomic E-state index is 0. The molecule has 1 atom stereocenters. The summed E-state index contributed by atoms with van der Waals surface area (Å²) in [7, 11) is 0. The summed E-state index contributed by atoms with van der Waals surface area (Å²) in [6.07, 6.45) is 8.18. The number of benzene rings is 3. The van der Waals surface area contributed by atoms with Gasteiger partial charge in [-0.15, -0.1) is 63.4 Å². The quantitative estimate of drug-likeness (QED) is 0.151. The first kappa shape index (κ1) is 40.6. The van der Waals surface area contributed by atoms with E-state index in [4.69, 9.17) is 0 Å². The Labute approximate surface area is 304 Å². The molecule has 1 unspecified atom stereocenters. The monoisotopic (exact) mass is 715 g/mol. The number of fused-ring (bicyclic) bond motifs is 2. The number of allylic oxidation sites excluding steroid dienone is 3. The van der Waals surface area contributed by atoms with Crippen molar-refractivity contribution in [3.63, 3.8) is 0 Å². The third-order valence-electron chi connectivity index (χ3n) is 8.87.